The molecule has 2 heteroatoms. The van der Waals surface area contributed by atoms with Crippen LogP contribution in [0, 0.1) is 5.92 Å². The van der Waals surface area contributed by atoms with Gasteiger partial charge in [0.25, 0.3) is 0 Å². The summed E-state index contributed by atoms with van der Waals surface area (Å²) in [5.41, 5.74) is 0. The van der Waals surface area contributed by atoms with Crippen molar-refractivity contribution in [2.24, 2.45) is 5.92 Å². The number of rotatable bonds is 5. The largest absolute Gasteiger partial charge is 0.376 e. The standard InChI is InChI=1S/C15H29NO/c1-2-12-17-15(13-8-4-3-5-9-13)14-10-6-7-11-16-14/h13-16H,2-12H2,1H3. The van der Waals surface area contributed by atoms with Gasteiger partial charge in [-0.15, -0.1) is 0 Å². The number of ether oxygens (including phenoxy) is 1. The predicted octanol–water partition coefficient (Wildman–Crippen LogP) is 3.50. The highest BCUT2D eigenvalue weighted by atomic mass is 16.5. The predicted molar refractivity (Wildman–Crippen MR) is 72.2 cm³/mol. The molecule has 1 aliphatic carbocycles. The molecule has 1 saturated carbocycles. The normalized spacial score (nSPS) is 29.1. The van der Waals surface area contributed by atoms with Gasteiger partial charge < -0.3 is 10.1 Å². The lowest BCUT2D eigenvalue weighted by Crippen LogP contribution is -2.48. The molecule has 0 amide bonds. The molecular weight excluding hydrogens is 210 g/mol. The average Bonchev–Trinajstić information content (AvgIpc) is 2.42. The van der Waals surface area contributed by atoms with Crippen molar-refractivity contribution < 1.29 is 4.74 Å². The van der Waals surface area contributed by atoms with Crippen LogP contribution in [0.25, 0.3) is 0 Å². The highest BCUT2D eigenvalue weighted by Gasteiger charge is 2.31. The third-order valence-electron chi connectivity index (χ3n) is 4.37. The highest BCUT2D eigenvalue weighted by Crippen LogP contribution is 2.31. The molecule has 0 bridgehead atoms. The van der Waals surface area contributed by atoms with Gasteiger partial charge in [0, 0.05) is 12.6 Å². The minimum atomic E-state index is 0.496. The second-order valence-corrected chi connectivity index (χ2v) is 5.79. The molecule has 2 fully saturated rings. The van der Waals surface area contributed by atoms with E-state index in [1.54, 1.807) is 0 Å². The maximum absolute atomic E-state index is 6.21. The van der Waals surface area contributed by atoms with Gasteiger partial charge in [0.15, 0.2) is 0 Å². The Labute approximate surface area is 107 Å². The molecular formula is C15H29NO. The fraction of sp³-hybridized carbons (Fsp3) is 1.00. The zero-order chi connectivity index (χ0) is 11.9. The fourth-order valence-electron chi connectivity index (χ4n) is 3.46. The van der Waals surface area contributed by atoms with E-state index in [-0.39, 0.29) is 0 Å². The van der Waals surface area contributed by atoms with Gasteiger partial charge in [0.05, 0.1) is 6.10 Å². The van der Waals surface area contributed by atoms with E-state index in [9.17, 15) is 0 Å². The van der Waals surface area contributed by atoms with Crippen LogP contribution in [0.3, 0.4) is 0 Å². The topological polar surface area (TPSA) is 21.3 Å². The van der Waals surface area contributed by atoms with Crippen molar-refractivity contribution in [3.05, 3.63) is 0 Å². The molecule has 1 N–H and O–H groups in total. The molecule has 2 atom stereocenters. The lowest BCUT2D eigenvalue weighted by Gasteiger charge is -2.38. The average molecular weight is 239 g/mol. The quantitative estimate of drug-likeness (QED) is 0.793. The maximum Gasteiger partial charge on any atom is 0.0756 e. The lowest BCUT2D eigenvalue weighted by atomic mass is 9.81. The first kappa shape index (κ1) is 13.4. The SMILES string of the molecule is CCCOC(C1CCCCC1)C1CCCCN1. The molecule has 0 spiro atoms. The number of piperidine rings is 1. The van der Waals surface area contributed by atoms with Gasteiger partial charge >= 0.3 is 0 Å². The molecule has 2 rings (SSSR count). The zero-order valence-electron chi connectivity index (χ0n) is 11.4. The van der Waals surface area contributed by atoms with Crippen molar-refractivity contribution in [1.29, 1.82) is 0 Å². The molecule has 1 saturated heterocycles. The van der Waals surface area contributed by atoms with E-state index < -0.39 is 0 Å². The number of hydrogen-bond acceptors (Lipinski definition) is 2. The highest BCUT2D eigenvalue weighted by molar-refractivity contribution is 4.87. The summed E-state index contributed by atoms with van der Waals surface area (Å²) in [5.74, 6) is 0.825. The molecule has 0 radical (unpaired) electrons. The van der Waals surface area contributed by atoms with Crippen LogP contribution < -0.4 is 5.32 Å². The van der Waals surface area contributed by atoms with Gasteiger partial charge in [-0.05, 0) is 44.6 Å². The second kappa shape index (κ2) is 7.38. The van der Waals surface area contributed by atoms with Crippen LogP contribution >= 0.6 is 0 Å². The summed E-state index contributed by atoms with van der Waals surface area (Å²) >= 11 is 0. The molecule has 2 aliphatic rings. The molecule has 0 aromatic rings. The molecule has 0 aromatic heterocycles. The van der Waals surface area contributed by atoms with Crippen LogP contribution in [0.5, 0.6) is 0 Å². The van der Waals surface area contributed by atoms with Gasteiger partial charge in [-0.2, -0.15) is 0 Å². The summed E-state index contributed by atoms with van der Waals surface area (Å²) in [6.07, 6.45) is 12.8. The van der Waals surface area contributed by atoms with Crippen molar-refractivity contribution in [3.8, 4) is 0 Å². The van der Waals surface area contributed by atoms with E-state index in [0.29, 0.717) is 12.1 Å². The molecule has 2 unspecified atom stereocenters. The molecule has 17 heavy (non-hydrogen) atoms. The molecule has 100 valence electrons. The number of hydrogen-bond donors (Lipinski definition) is 1. The third kappa shape index (κ3) is 3.96. The smallest absolute Gasteiger partial charge is 0.0756 e. The van der Waals surface area contributed by atoms with Gasteiger partial charge in [-0.1, -0.05) is 32.6 Å². The van der Waals surface area contributed by atoms with Crippen molar-refractivity contribution in [2.45, 2.75) is 76.9 Å². The summed E-state index contributed by atoms with van der Waals surface area (Å²) in [5, 5.41) is 3.70. The molecule has 2 nitrogen and oxygen atoms in total. The Kier molecular flexibility index (Phi) is 5.79. The van der Waals surface area contributed by atoms with Gasteiger partial charge in [0.2, 0.25) is 0 Å². The van der Waals surface area contributed by atoms with E-state index >= 15 is 0 Å². The Morgan fingerprint density at radius 3 is 2.47 bits per heavy atom. The Morgan fingerprint density at radius 2 is 1.82 bits per heavy atom. The Balaban J connectivity index is 1.90. The molecule has 1 heterocycles. The molecule has 1 aliphatic heterocycles. The molecule has 0 aromatic carbocycles. The summed E-state index contributed by atoms with van der Waals surface area (Å²) in [6, 6.07) is 0.637. The first-order chi connectivity index (χ1) is 8.42. The minimum absolute atomic E-state index is 0.496. The van der Waals surface area contributed by atoms with Crippen LogP contribution in [0.15, 0.2) is 0 Å². The van der Waals surface area contributed by atoms with E-state index in [1.165, 1.54) is 57.9 Å². The van der Waals surface area contributed by atoms with Gasteiger partial charge in [-0.3, -0.25) is 0 Å². The Hall–Kier alpha value is -0.0800. The summed E-state index contributed by atoms with van der Waals surface area (Å²) in [7, 11) is 0. The summed E-state index contributed by atoms with van der Waals surface area (Å²) in [6.45, 7) is 4.36. The van der Waals surface area contributed by atoms with Crippen LogP contribution in [0.2, 0.25) is 0 Å². The lowest BCUT2D eigenvalue weighted by molar-refractivity contribution is -0.0285. The van der Waals surface area contributed by atoms with E-state index in [0.717, 1.165) is 18.9 Å². The zero-order valence-corrected chi connectivity index (χ0v) is 11.4. The Bertz CT molecular complexity index is 177. The third-order valence-corrected chi connectivity index (χ3v) is 4.37. The van der Waals surface area contributed by atoms with Crippen molar-refractivity contribution >= 4 is 0 Å². The monoisotopic (exact) mass is 239 g/mol. The van der Waals surface area contributed by atoms with Crippen molar-refractivity contribution in [3.63, 3.8) is 0 Å². The van der Waals surface area contributed by atoms with Gasteiger partial charge in [-0.25, -0.2) is 0 Å². The fourth-order valence-corrected chi connectivity index (χ4v) is 3.46. The first-order valence-electron chi connectivity index (χ1n) is 7.77. The van der Waals surface area contributed by atoms with E-state index in [4.69, 9.17) is 4.74 Å². The summed E-state index contributed by atoms with van der Waals surface area (Å²) in [4.78, 5) is 0. The second-order valence-electron chi connectivity index (χ2n) is 5.79. The van der Waals surface area contributed by atoms with Crippen LogP contribution in [0.1, 0.15) is 64.7 Å². The minimum Gasteiger partial charge on any atom is -0.376 e. The number of nitrogens with one attached hydrogen (secondary N) is 1. The Morgan fingerprint density at radius 1 is 1.06 bits per heavy atom. The van der Waals surface area contributed by atoms with E-state index in [1.807, 2.05) is 0 Å². The van der Waals surface area contributed by atoms with E-state index in [2.05, 4.69) is 12.2 Å². The van der Waals surface area contributed by atoms with Crippen LogP contribution in [-0.2, 0) is 4.74 Å². The van der Waals surface area contributed by atoms with Crippen molar-refractivity contribution in [1.82, 2.24) is 5.32 Å². The summed E-state index contributed by atoms with van der Waals surface area (Å²) < 4.78 is 6.21. The van der Waals surface area contributed by atoms with Crippen molar-refractivity contribution in [2.75, 3.05) is 13.2 Å². The van der Waals surface area contributed by atoms with Crippen LogP contribution in [-0.4, -0.2) is 25.3 Å². The van der Waals surface area contributed by atoms with Crippen LogP contribution in [0.4, 0.5) is 0 Å². The maximum atomic E-state index is 6.21. The van der Waals surface area contributed by atoms with Gasteiger partial charge in [0.1, 0.15) is 0 Å². The first-order valence-corrected chi connectivity index (χ1v) is 7.77.